The first-order chi connectivity index (χ1) is 19.1. The van der Waals surface area contributed by atoms with Gasteiger partial charge in [0.25, 0.3) is 15.9 Å². The number of carbonyl (C=O) groups excluding carboxylic acids is 2. The molecule has 1 N–H and O–H groups in total. The van der Waals surface area contributed by atoms with Gasteiger partial charge < -0.3 is 19.7 Å². The largest absolute Gasteiger partial charge is 0.493 e. The lowest BCUT2D eigenvalue weighted by Crippen LogP contribution is -2.39. The molecule has 0 radical (unpaired) electrons. The van der Waals surface area contributed by atoms with Crippen molar-refractivity contribution in [2.45, 2.75) is 24.2 Å². The summed E-state index contributed by atoms with van der Waals surface area (Å²) >= 11 is 5.96. The van der Waals surface area contributed by atoms with E-state index in [0.717, 1.165) is 35.7 Å². The van der Waals surface area contributed by atoms with Crippen LogP contribution in [-0.4, -0.2) is 59.0 Å². The average Bonchev–Trinajstić information content (AvgIpc) is 2.97. The first-order valence-corrected chi connectivity index (χ1v) is 14.4. The van der Waals surface area contributed by atoms with Gasteiger partial charge in [0.15, 0.2) is 11.5 Å². The van der Waals surface area contributed by atoms with Crippen LogP contribution in [-0.2, 0) is 14.8 Å². The average molecular weight is 590 g/mol. The normalized spacial score (nSPS) is 13.4. The number of rotatable bonds is 9. The van der Waals surface area contributed by atoms with E-state index in [1.54, 1.807) is 29.2 Å². The molecule has 212 valence electrons. The van der Waals surface area contributed by atoms with Crippen molar-refractivity contribution in [2.24, 2.45) is 0 Å². The number of amides is 2. The lowest BCUT2D eigenvalue weighted by molar-refractivity contribution is -0.114. The Morgan fingerprint density at radius 1 is 0.975 bits per heavy atom. The maximum Gasteiger partial charge on any atom is 0.264 e. The molecular weight excluding hydrogens is 561 g/mol. The molecule has 12 heteroatoms. The topological polar surface area (TPSA) is 105 Å². The number of nitrogens with zero attached hydrogens (tertiary/aromatic N) is 2. The first-order valence-electron chi connectivity index (χ1n) is 12.5. The van der Waals surface area contributed by atoms with Gasteiger partial charge in [-0.3, -0.25) is 13.9 Å². The first kappa shape index (κ1) is 29.2. The van der Waals surface area contributed by atoms with E-state index in [1.807, 2.05) is 0 Å². The standard InChI is InChI=1S/C28H29ClFN3O6S/c1-38-25-13-11-20(17-26(25)39-2)40(36,37)33(19-10-12-23(30)22(29)16-19)18-27(34)31-24-9-5-4-8-21(24)28(35)32-14-6-3-7-15-32/h4-5,8-13,16-17H,3,6-7,14-15,18H2,1-2H3,(H,31,34). The van der Waals surface area contributed by atoms with Crippen molar-refractivity contribution in [2.75, 3.05) is 43.5 Å². The molecule has 0 bridgehead atoms. The van der Waals surface area contributed by atoms with E-state index in [0.29, 0.717) is 24.4 Å². The Hall–Kier alpha value is -3.83. The molecule has 1 saturated heterocycles. The van der Waals surface area contributed by atoms with Gasteiger partial charge in [0.05, 0.1) is 41.1 Å². The molecule has 1 heterocycles. The number of carbonyl (C=O) groups is 2. The number of likely N-dealkylation sites (tertiary alicyclic amines) is 1. The number of nitrogens with one attached hydrogen (secondary N) is 1. The smallest absolute Gasteiger partial charge is 0.264 e. The Morgan fingerprint density at radius 2 is 1.68 bits per heavy atom. The molecular formula is C28H29ClFN3O6S. The predicted octanol–water partition coefficient (Wildman–Crippen LogP) is 4.96. The molecule has 0 saturated carbocycles. The van der Waals surface area contributed by atoms with Gasteiger partial charge in [-0.1, -0.05) is 23.7 Å². The van der Waals surface area contributed by atoms with Crippen LogP contribution >= 0.6 is 11.6 Å². The molecule has 0 aromatic heterocycles. The van der Waals surface area contributed by atoms with Crippen molar-refractivity contribution < 1.29 is 31.9 Å². The SMILES string of the molecule is COc1ccc(S(=O)(=O)N(CC(=O)Nc2ccccc2C(=O)N2CCCCC2)c2ccc(F)c(Cl)c2)cc1OC. The van der Waals surface area contributed by atoms with E-state index < -0.39 is 28.3 Å². The minimum absolute atomic E-state index is 0.0333. The monoisotopic (exact) mass is 589 g/mol. The Balaban J connectivity index is 1.67. The molecule has 0 spiro atoms. The molecule has 0 aliphatic carbocycles. The van der Waals surface area contributed by atoms with Crippen LogP contribution in [0.15, 0.2) is 65.6 Å². The summed E-state index contributed by atoms with van der Waals surface area (Å²) in [7, 11) is -1.61. The highest BCUT2D eigenvalue weighted by Crippen LogP contribution is 2.33. The fourth-order valence-corrected chi connectivity index (χ4v) is 6.03. The third kappa shape index (κ3) is 6.31. The maximum atomic E-state index is 13.9. The Labute approximate surface area is 237 Å². The highest BCUT2D eigenvalue weighted by molar-refractivity contribution is 7.92. The van der Waals surface area contributed by atoms with Gasteiger partial charge in [0.2, 0.25) is 5.91 Å². The third-order valence-electron chi connectivity index (χ3n) is 6.50. The molecule has 0 atom stereocenters. The maximum absolute atomic E-state index is 13.9. The summed E-state index contributed by atoms with van der Waals surface area (Å²) in [4.78, 5) is 28.0. The van der Waals surface area contributed by atoms with Crippen LogP contribution in [0.5, 0.6) is 11.5 Å². The number of piperidine rings is 1. The number of para-hydroxylation sites is 1. The van der Waals surface area contributed by atoms with Crippen LogP contribution in [0, 0.1) is 5.82 Å². The molecule has 3 aromatic carbocycles. The second-order valence-electron chi connectivity index (χ2n) is 9.07. The van der Waals surface area contributed by atoms with Crippen LogP contribution in [0.25, 0.3) is 0 Å². The van der Waals surface area contributed by atoms with E-state index in [2.05, 4.69) is 5.32 Å². The van der Waals surface area contributed by atoms with E-state index in [4.69, 9.17) is 21.1 Å². The van der Waals surface area contributed by atoms with Crippen molar-refractivity contribution in [1.82, 2.24) is 4.90 Å². The molecule has 9 nitrogen and oxygen atoms in total. The summed E-state index contributed by atoms with van der Waals surface area (Å²) in [5, 5.41) is 2.36. The molecule has 1 aliphatic rings. The molecule has 1 aliphatic heterocycles. The molecule has 40 heavy (non-hydrogen) atoms. The minimum atomic E-state index is -4.39. The van der Waals surface area contributed by atoms with E-state index in [1.165, 1.54) is 38.5 Å². The van der Waals surface area contributed by atoms with Gasteiger partial charge >= 0.3 is 0 Å². The van der Waals surface area contributed by atoms with Crippen molar-refractivity contribution in [1.29, 1.82) is 0 Å². The molecule has 3 aromatic rings. The van der Waals surface area contributed by atoms with Crippen molar-refractivity contribution in [3.05, 3.63) is 77.1 Å². The quantitative estimate of drug-likeness (QED) is 0.378. The van der Waals surface area contributed by atoms with E-state index in [9.17, 15) is 22.4 Å². The highest BCUT2D eigenvalue weighted by atomic mass is 35.5. The van der Waals surface area contributed by atoms with Crippen LogP contribution in [0.4, 0.5) is 15.8 Å². The number of sulfonamides is 1. The van der Waals surface area contributed by atoms with Crippen molar-refractivity contribution >= 4 is 44.8 Å². The number of hydrogen-bond acceptors (Lipinski definition) is 6. The predicted molar refractivity (Wildman–Crippen MR) is 150 cm³/mol. The van der Waals surface area contributed by atoms with Crippen LogP contribution in [0.3, 0.4) is 0 Å². The van der Waals surface area contributed by atoms with Crippen LogP contribution in [0.2, 0.25) is 5.02 Å². The number of anilines is 2. The zero-order valence-corrected chi connectivity index (χ0v) is 23.6. The Morgan fingerprint density at radius 3 is 2.35 bits per heavy atom. The summed E-state index contributed by atoms with van der Waals surface area (Å²) in [6.07, 6.45) is 2.87. The van der Waals surface area contributed by atoms with Crippen LogP contribution < -0.4 is 19.1 Å². The second kappa shape index (κ2) is 12.6. The lowest BCUT2D eigenvalue weighted by Gasteiger charge is -2.28. The number of benzene rings is 3. The fourth-order valence-electron chi connectivity index (χ4n) is 4.43. The summed E-state index contributed by atoms with van der Waals surface area (Å²) in [6, 6.07) is 13.9. The van der Waals surface area contributed by atoms with Crippen LogP contribution in [0.1, 0.15) is 29.6 Å². The number of halogens is 2. The molecule has 1 fully saturated rings. The van der Waals surface area contributed by atoms with Gasteiger partial charge in [0.1, 0.15) is 12.4 Å². The lowest BCUT2D eigenvalue weighted by atomic mass is 10.1. The van der Waals surface area contributed by atoms with E-state index >= 15 is 0 Å². The summed E-state index contributed by atoms with van der Waals surface area (Å²) in [6.45, 7) is 0.568. The van der Waals surface area contributed by atoms with Crippen molar-refractivity contribution in [3.63, 3.8) is 0 Å². The fraction of sp³-hybridized carbons (Fsp3) is 0.286. The highest BCUT2D eigenvalue weighted by Gasteiger charge is 2.30. The third-order valence-corrected chi connectivity index (χ3v) is 8.56. The van der Waals surface area contributed by atoms with Crippen molar-refractivity contribution in [3.8, 4) is 11.5 Å². The summed E-state index contributed by atoms with van der Waals surface area (Å²) in [5.41, 5.74) is 0.523. The zero-order chi connectivity index (χ0) is 28.9. The Bertz CT molecular complexity index is 1510. The number of hydrogen-bond donors (Lipinski definition) is 1. The number of ether oxygens (including phenoxy) is 2. The van der Waals surface area contributed by atoms with E-state index in [-0.39, 0.29) is 32.9 Å². The Kier molecular flexibility index (Phi) is 9.16. The zero-order valence-electron chi connectivity index (χ0n) is 22.0. The molecule has 0 unspecified atom stereocenters. The second-order valence-corrected chi connectivity index (χ2v) is 11.3. The van der Waals surface area contributed by atoms with Gasteiger partial charge in [-0.2, -0.15) is 0 Å². The van der Waals surface area contributed by atoms with Gasteiger partial charge in [-0.15, -0.1) is 0 Å². The molecule has 2 amide bonds. The van der Waals surface area contributed by atoms with Gasteiger partial charge in [-0.25, -0.2) is 12.8 Å². The van der Waals surface area contributed by atoms with Gasteiger partial charge in [-0.05, 0) is 61.7 Å². The summed E-state index contributed by atoms with van der Waals surface area (Å²) in [5.74, 6) is -1.21. The van der Waals surface area contributed by atoms with Gasteiger partial charge in [0, 0.05) is 19.2 Å². The summed E-state index contributed by atoms with van der Waals surface area (Å²) < 4.78 is 52.8. The number of methoxy groups -OCH3 is 2. The minimum Gasteiger partial charge on any atom is -0.493 e. The molecule has 4 rings (SSSR count).